The molecule has 1 atom stereocenters. The summed E-state index contributed by atoms with van der Waals surface area (Å²) in [4.78, 5) is 21.4. The highest BCUT2D eigenvalue weighted by Crippen LogP contribution is 2.34. The molecule has 0 bridgehead atoms. The molecule has 14 heteroatoms. The molecular formula is C19H21BrF6N6O. The van der Waals surface area contributed by atoms with Crippen LogP contribution in [0.15, 0.2) is 21.7 Å². The predicted molar refractivity (Wildman–Crippen MR) is 112 cm³/mol. The maximum atomic E-state index is 13.9. The van der Waals surface area contributed by atoms with E-state index in [1.54, 1.807) is 0 Å². The van der Waals surface area contributed by atoms with Crippen LogP contribution in [0.4, 0.5) is 26.3 Å². The maximum Gasteiger partial charge on any atom is 0.449 e. The van der Waals surface area contributed by atoms with E-state index in [9.17, 15) is 31.1 Å². The van der Waals surface area contributed by atoms with E-state index >= 15 is 0 Å². The van der Waals surface area contributed by atoms with Crippen LogP contribution in [0.2, 0.25) is 0 Å². The fourth-order valence-electron chi connectivity index (χ4n) is 3.36. The lowest BCUT2D eigenvalue weighted by molar-refractivity contribution is -0.148. The first-order valence-electron chi connectivity index (χ1n) is 9.55. The fourth-order valence-corrected chi connectivity index (χ4v) is 3.87. The van der Waals surface area contributed by atoms with E-state index in [-0.39, 0.29) is 48.3 Å². The third-order valence-electron chi connectivity index (χ3n) is 4.82. The number of halogens is 7. The Hall–Kier alpha value is -2.61. The summed E-state index contributed by atoms with van der Waals surface area (Å²) < 4.78 is 80.8. The summed E-state index contributed by atoms with van der Waals surface area (Å²) in [6.07, 6.45) is -4.21. The summed E-state index contributed by atoms with van der Waals surface area (Å²) in [6, 6.07) is 0.207. The van der Waals surface area contributed by atoms with Gasteiger partial charge < -0.3 is 20.9 Å². The van der Waals surface area contributed by atoms with E-state index in [1.807, 2.05) is 0 Å². The molecule has 1 aliphatic rings. The largest absolute Gasteiger partial charge is 0.449 e. The summed E-state index contributed by atoms with van der Waals surface area (Å²) in [7, 11) is 1.50. The van der Waals surface area contributed by atoms with Crippen LogP contribution >= 0.6 is 15.9 Å². The van der Waals surface area contributed by atoms with E-state index in [0.29, 0.717) is 12.1 Å². The first-order valence-corrected chi connectivity index (χ1v) is 10.3. The quantitative estimate of drug-likeness (QED) is 0.262. The summed E-state index contributed by atoms with van der Waals surface area (Å²) in [5.41, 5.74) is 9.80. The second-order valence-corrected chi connectivity index (χ2v) is 7.61. The number of benzene rings is 1. The first kappa shape index (κ1) is 26.6. The molecule has 0 aliphatic carbocycles. The summed E-state index contributed by atoms with van der Waals surface area (Å²) in [6.45, 7) is -0.242. The molecule has 2 aromatic rings. The molecule has 0 saturated heterocycles. The zero-order chi connectivity index (χ0) is 24.9. The third kappa shape index (κ3) is 6.25. The van der Waals surface area contributed by atoms with Crippen LogP contribution in [0.1, 0.15) is 23.5 Å². The lowest BCUT2D eigenvalue weighted by Crippen LogP contribution is -2.40. The van der Waals surface area contributed by atoms with E-state index in [4.69, 9.17) is 5.73 Å². The first-order chi connectivity index (χ1) is 15.5. The van der Waals surface area contributed by atoms with E-state index in [2.05, 4.69) is 31.6 Å². The van der Waals surface area contributed by atoms with E-state index < -0.39 is 41.4 Å². The molecule has 33 heavy (non-hydrogen) atoms. The Morgan fingerprint density at radius 1 is 1.21 bits per heavy atom. The zero-order valence-electron chi connectivity index (χ0n) is 17.3. The van der Waals surface area contributed by atoms with Gasteiger partial charge in [-0.15, -0.1) is 0 Å². The van der Waals surface area contributed by atoms with Crippen molar-refractivity contribution in [1.29, 1.82) is 0 Å². The van der Waals surface area contributed by atoms with Gasteiger partial charge in [0.15, 0.2) is 11.6 Å². The molecule has 1 amide bonds. The van der Waals surface area contributed by atoms with Gasteiger partial charge in [0, 0.05) is 25.6 Å². The van der Waals surface area contributed by atoms with Crippen molar-refractivity contribution in [3.05, 3.63) is 51.3 Å². The molecule has 1 aromatic carbocycles. The number of rotatable bonds is 5. The highest BCUT2D eigenvalue weighted by molar-refractivity contribution is 9.10. The number of alkyl halides is 3. The van der Waals surface area contributed by atoms with Gasteiger partial charge >= 0.3 is 6.18 Å². The van der Waals surface area contributed by atoms with E-state index in [0.717, 1.165) is 10.9 Å². The van der Waals surface area contributed by atoms with Gasteiger partial charge in [-0.1, -0.05) is 0 Å². The van der Waals surface area contributed by atoms with Gasteiger partial charge in [0.2, 0.25) is 11.7 Å². The Morgan fingerprint density at radius 3 is 2.45 bits per heavy atom. The molecule has 1 unspecified atom stereocenters. The molecule has 0 saturated carbocycles. The van der Waals surface area contributed by atoms with Crippen molar-refractivity contribution in [3.8, 4) is 0 Å². The minimum absolute atomic E-state index is 0.00366. The van der Waals surface area contributed by atoms with Crippen molar-refractivity contribution in [2.24, 2.45) is 16.5 Å². The SMILES string of the molecule is CN.NC=NC(CC(=O)N1CCn2c(C(F)(F)F)nc(Br)c2C1)Cc1cc(F)c(F)cc1F. The normalized spacial score (nSPS) is 14.6. The second kappa shape index (κ2) is 11.0. The fraction of sp³-hybridized carbons (Fsp3) is 0.421. The topological polar surface area (TPSA) is 103 Å². The zero-order valence-corrected chi connectivity index (χ0v) is 18.9. The summed E-state index contributed by atoms with van der Waals surface area (Å²) in [5, 5.41) is 0. The molecular weight excluding hydrogens is 522 g/mol. The molecule has 7 nitrogen and oxygen atoms in total. The van der Waals surface area contributed by atoms with Crippen LogP contribution in [0.25, 0.3) is 0 Å². The van der Waals surface area contributed by atoms with Crippen LogP contribution < -0.4 is 11.5 Å². The van der Waals surface area contributed by atoms with Gasteiger partial charge in [-0.25, -0.2) is 18.2 Å². The van der Waals surface area contributed by atoms with Gasteiger partial charge in [-0.3, -0.25) is 9.79 Å². The molecule has 2 heterocycles. The molecule has 1 aromatic heterocycles. The Balaban J connectivity index is 0.00000187. The van der Waals surface area contributed by atoms with Gasteiger partial charge in [0.25, 0.3) is 0 Å². The van der Waals surface area contributed by atoms with Crippen LogP contribution in [0, 0.1) is 17.5 Å². The smallest absolute Gasteiger partial charge is 0.390 e. The Bertz CT molecular complexity index is 1030. The third-order valence-corrected chi connectivity index (χ3v) is 5.45. The van der Waals surface area contributed by atoms with Crippen molar-refractivity contribution in [2.45, 2.75) is 38.1 Å². The Labute approximate surface area is 193 Å². The summed E-state index contributed by atoms with van der Waals surface area (Å²) in [5.74, 6) is -5.10. The second-order valence-electron chi connectivity index (χ2n) is 6.86. The number of hydrogen-bond donors (Lipinski definition) is 2. The lowest BCUT2D eigenvalue weighted by Gasteiger charge is -2.30. The average molecular weight is 543 g/mol. The molecule has 0 spiro atoms. The van der Waals surface area contributed by atoms with Crippen molar-refractivity contribution in [1.82, 2.24) is 14.5 Å². The van der Waals surface area contributed by atoms with Crippen LogP contribution in [0.3, 0.4) is 0 Å². The number of aromatic nitrogens is 2. The number of amides is 1. The molecule has 3 rings (SSSR count). The lowest BCUT2D eigenvalue weighted by atomic mass is 10.0. The molecule has 1 aliphatic heterocycles. The molecule has 182 valence electrons. The predicted octanol–water partition coefficient (Wildman–Crippen LogP) is 2.99. The monoisotopic (exact) mass is 542 g/mol. The number of nitrogens with zero attached hydrogens (tertiary/aromatic N) is 4. The van der Waals surface area contributed by atoms with Crippen molar-refractivity contribution < 1.29 is 31.1 Å². The van der Waals surface area contributed by atoms with Crippen molar-refractivity contribution >= 4 is 28.2 Å². The standard InChI is InChI=1S/C18H16BrF6N5O.CH5N/c19-16-14-7-29(1-2-30(14)17(28-16)18(23,24)25)15(31)5-10(27-8-26)3-9-4-12(21)13(22)6-11(9)20;1-2/h4,6,8,10H,1-3,5,7H2,(H2,26,27);2H2,1H3. The van der Waals surface area contributed by atoms with E-state index in [1.165, 1.54) is 11.9 Å². The van der Waals surface area contributed by atoms with Gasteiger partial charge in [-0.05, 0) is 41.0 Å². The van der Waals surface area contributed by atoms with Crippen LogP contribution in [0.5, 0.6) is 0 Å². The highest BCUT2D eigenvalue weighted by atomic mass is 79.9. The Morgan fingerprint density at radius 2 is 1.85 bits per heavy atom. The van der Waals surface area contributed by atoms with Crippen LogP contribution in [-0.2, 0) is 30.5 Å². The number of hydrogen-bond acceptors (Lipinski definition) is 4. The van der Waals surface area contributed by atoms with Crippen molar-refractivity contribution in [3.63, 3.8) is 0 Å². The average Bonchev–Trinajstić information content (AvgIpc) is 3.10. The van der Waals surface area contributed by atoms with Gasteiger partial charge in [0.05, 0.1) is 24.6 Å². The van der Waals surface area contributed by atoms with Crippen LogP contribution in [-0.4, -0.2) is 46.3 Å². The van der Waals surface area contributed by atoms with Crippen molar-refractivity contribution in [2.75, 3.05) is 13.6 Å². The van der Waals surface area contributed by atoms with Gasteiger partial charge in [0.1, 0.15) is 10.4 Å². The minimum Gasteiger partial charge on any atom is -0.390 e. The minimum atomic E-state index is -4.64. The highest BCUT2D eigenvalue weighted by Gasteiger charge is 2.40. The number of carbonyl (C=O) groups is 1. The number of carbonyl (C=O) groups excluding carboxylic acids is 1. The maximum absolute atomic E-state index is 13.9. The number of imidazole rings is 1. The number of nitrogens with two attached hydrogens (primary N) is 2. The molecule has 0 fully saturated rings. The number of fused-ring (bicyclic) bond motifs is 1. The molecule has 0 radical (unpaired) electrons. The Kier molecular flexibility index (Phi) is 8.89. The van der Waals surface area contributed by atoms with Gasteiger partial charge in [-0.2, -0.15) is 13.2 Å². The number of aliphatic imine (C=N–C) groups is 1. The summed E-state index contributed by atoms with van der Waals surface area (Å²) >= 11 is 2.99. The molecule has 4 N–H and O–H groups in total.